The predicted molar refractivity (Wildman–Crippen MR) is 52.7 cm³/mol. The number of carbonyl (C=O) groups excluding carboxylic acids is 1. The van der Waals surface area contributed by atoms with Gasteiger partial charge in [0.1, 0.15) is 12.0 Å². The number of hydrogen-bond acceptors (Lipinski definition) is 2. The van der Waals surface area contributed by atoms with E-state index in [0.717, 1.165) is 17.6 Å². The molecule has 1 rings (SSSR count). The van der Waals surface area contributed by atoms with Gasteiger partial charge in [-0.15, -0.1) is 0 Å². The second-order valence-electron chi connectivity index (χ2n) is 2.60. The number of ether oxygens (including phenoxy) is 1. The van der Waals surface area contributed by atoms with E-state index in [9.17, 15) is 4.79 Å². The van der Waals surface area contributed by atoms with Crippen LogP contribution in [0.15, 0.2) is 30.8 Å². The summed E-state index contributed by atoms with van der Waals surface area (Å²) in [6.07, 6.45) is 0.746. The quantitative estimate of drug-likeness (QED) is 0.519. The summed E-state index contributed by atoms with van der Waals surface area (Å²) in [5.74, 6) is 0.810. The van der Waals surface area contributed by atoms with Gasteiger partial charge in [0.2, 0.25) is 0 Å². The van der Waals surface area contributed by atoms with Crippen LogP contribution in [0.3, 0.4) is 0 Å². The van der Waals surface area contributed by atoms with E-state index in [1.165, 1.54) is 0 Å². The van der Waals surface area contributed by atoms with Crippen molar-refractivity contribution in [1.29, 1.82) is 0 Å². The fourth-order valence-electron chi connectivity index (χ4n) is 1.000. The van der Waals surface area contributed by atoms with E-state index >= 15 is 0 Å². The molecule has 1 aromatic rings. The van der Waals surface area contributed by atoms with Gasteiger partial charge in [0.05, 0.1) is 6.61 Å². The average molecular weight is 176 g/mol. The first kappa shape index (κ1) is 9.52. The Kier molecular flexibility index (Phi) is 3.26. The van der Waals surface area contributed by atoms with Gasteiger partial charge in [0, 0.05) is 5.57 Å². The third kappa shape index (κ3) is 2.44. The molecule has 0 aliphatic heterocycles. The molecule has 2 nitrogen and oxygen atoms in total. The maximum atomic E-state index is 10.4. The fourth-order valence-corrected chi connectivity index (χ4v) is 1.000. The molecule has 0 heterocycles. The van der Waals surface area contributed by atoms with Crippen LogP contribution >= 0.6 is 0 Å². The maximum Gasteiger partial charge on any atom is 0.150 e. The number of carbonyl (C=O) groups is 1. The summed E-state index contributed by atoms with van der Waals surface area (Å²) in [6.45, 7) is 6.19. The van der Waals surface area contributed by atoms with Gasteiger partial charge in [-0.3, -0.25) is 4.79 Å². The molecule has 0 radical (unpaired) electrons. The Balaban J connectivity index is 2.80. The highest BCUT2D eigenvalue weighted by atomic mass is 16.5. The monoisotopic (exact) mass is 176 g/mol. The number of aldehydes is 1. The second kappa shape index (κ2) is 4.45. The molecule has 0 atom stereocenters. The minimum absolute atomic E-state index is 0.489. The lowest BCUT2D eigenvalue weighted by Gasteiger charge is -2.03. The van der Waals surface area contributed by atoms with E-state index in [0.29, 0.717) is 12.2 Å². The molecular weight excluding hydrogens is 164 g/mol. The minimum atomic E-state index is 0.489. The van der Waals surface area contributed by atoms with Crippen LogP contribution in [-0.4, -0.2) is 12.9 Å². The first-order valence-electron chi connectivity index (χ1n) is 4.15. The molecule has 13 heavy (non-hydrogen) atoms. The van der Waals surface area contributed by atoms with Crippen molar-refractivity contribution in [1.82, 2.24) is 0 Å². The molecule has 0 aliphatic carbocycles. The Morgan fingerprint density at radius 3 is 2.54 bits per heavy atom. The molecule has 0 aliphatic rings. The first-order chi connectivity index (χ1) is 6.27. The highest BCUT2D eigenvalue weighted by Crippen LogP contribution is 2.15. The number of benzene rings is 1. The Hall–Kier alpha value is -1.57. The van der Waals surface area contributed by atoms with Crippen molar-refractivity contribution < 1.29 is 9.53 Å². The zero-order valence-electron chi connectivity index (χ0n) is 7.62. The molecule has 0 saturated carbocycles. The highest BCUT2D eigenvalue weighted by molar-refractivity contribution is 6.05. The average Bonchev–Trinajstić information content (AvgIpc) is 2.18. The van der Waals surface area contributed by atoms with Crippen LogP contribution in [0.2, 0.25) is 0 Å². The van der Waals surface area contributed by atoms with E-state index in [1.54, 1.807) is 0 Å². The van der Waals surface area contributed by atoms with E-state index < -0.39 is 0 Å². The SMILES string of the molecule is C=C(C=O)c1ccc(OCC)cc1. The second-order valence-corrected chi connectivity index (χ2v) is 2.60. The van der Waals surface area contributed by atoms with Gasteiger partial charge in [-0.25, -0.2) is 0 Å². The zero-order chi connectivity index (χ0) is 9.68. The van der Waals surface area contributed by atoms with Crippen molar-refractivity contribution in [3.63, 3.8) is 0 Å². The molecule has 1 aromatic carbocycles. The third-order valence-electron chi connectivity index (χ3n) is 1.68. The van der Waals surface area contributed by atoms with Crippen LogP contribution in [0.5, 0.6) is 5.75 Å². The first-order valence-corrected chi connectivity index (χ1v) is 4.15. The lowest BCUT2D eigenvalue weighted by Crippen LogP contribution is -1.91. The molecular formula is C11H12O2. The maximum absolute atomic E-state index is 10.4. The standard InChI is InChI=1S/C11H12O2/c1-3-13-11-6-4-10(5-7-11)9(2)8-12/h4-8H,2-3H2,1H3. The van der Waals surface area contributed by atoms with Crippen molar-refractivity contribution in [2.24, 2.45) is 0 Å². The van der Waals surface area contributed by atoms with Gasteiger partial charge >= 0.3 is 0 Å². The lowest BCUT2D eigenvalue weighted by molar-refractivity contribution is -0.103. The molecule has 0 fully saturated rings. The molecule has 0 spiro atoms. The predicted octanol–water partition coefficient (Wildman–Crippen LogP) is 2.30. The highest BCUT2D eigenvalue weighted by Gasteiger charge is 1.97. The topological polar surface area (TPSA) is 26.3 Å². The van der Waals surface area contributed by atoms with Crippen molar-refractivity contribution >= 4 is 11.9 Å². The van der Waals surface area contributed by atoms with Crippen LogP contribution in [0, 0.1) is 0 Å². The van der Waals surface area contributed by atoms with E-state index in [4.69, 9.17) is 4.74 Å². The van der Waals surface area contributed by atoms with Crippen molar-refractivity contribution in [3.8, 4) is 5.75 Å². The van der Waals surface area contributed by atoms with Crippen molar-refractivity contribution in [3.05, 3.63) is 36.4 Å². The largest absolute Gasteiger partial charge is 0.494 e. The summed E-state index contributed by atoms with van der Waals surface area (Å²) in [6, 6.07) is 7.30. The van der Waals surface area contributed by atoms with Gasteiger partial charge in [0.25, 0.3) is 0 Å². The molecule has 0 bridgehead atoms. The van der Waals surface area contributed by atoms with Crippen LogP contribution in [0.25, 0.3) is 5.57 Å². The minimum Gasteiger partial charge on any atom is -0.494 e. The van der Waals surface area contributed by atoms with Crippen LogP contribution in [0.4, 0.5) is 0 Å². The summed E-state index contributed by atoms with van der Waals surface area (Å²) in [4.78, 5) is 10.4. The molecule has 0 amide bonds. The Bertz CT molecular complexity index is 298. The summed E-state index contributed by atoms with van der Waals surface area (Å²) in [7, 11) is 0. The molecule has 2 heteroatoms. The summed E-state index contributed by atoms with van der Waals surface area (Å²) >= 11 is 0. The van der Waals surface area contributed by atoms with E-state index in [1.807, 2.05) is 31.2 Å². The zero-order valence-corrected chi connectivity index (χ0v) is 7.62. The molecule has 0 unspecified atom stereocenters. The molecule has 0 saturated heterocycles. The number of allylic oxidation sites excluding steroid dienone is 1. The van der Waals surface area contributed by atoms with Gasteiger partial charge in [0.15, 0.2) is 0 Å². The third-order valence-corrected chi connectivity index (χ3v) is 1.68. The van der Waals surface area contributed by atoms with Crippen molar-refractivity contribution in [2.45, 2.75) is 6.92 Å². The summed E-state index contributed by atoms with van der Waals surface area (Å²) < 4.78 is 5.26. The van der Waals surface area contributed by atoms with Gasteiger partial charge < -0.3 is 4.74 Å². The van der Waals surface area contributed by atoms with Crippen LogP contribution in [-0.2, 0) is 4.79 Å². The molecule has 0 aromatic heterocycles. The van der Waals surface area contributed by atoms with Gasteiger partial charge in [-0.1, -0.05) is 18.7 Å². The van der Waals surface area contributed by atoms with E-state index in [2.05, 4.69) is 6.58 Å². The number of hydrogen-bond donors (Lipinski definition) is 0. The molecule has 68 valence electrons. The Labute approximate surface area is 77.8 Å². The Morgan fingerprint density at radius 2 is 2.08 bits per heavy atom. The van der Waals surface area contributed by atoms with Gasteiger partial charge in [-0.2, -0.15) is 0 Å². The molecule has 0 N–H and O–H groups in total. The fraction of sp³-hybridized carbons (Fsp3) is 0.182. The van der Waals surface area contributed by atoms with Crippen LogP contribution < -0.4 is 4.74 Å². The van der Waals surface area contributed by atoms with E-state index in [-0.39, 0.29) is 0 Å². The summed E-state index contributed by atoms with van der Waals surface area (Å²) in [5, 5.41) is 0. The smallest absolute Gasteiger partial charge is 0.150 e. The number of rotatable bonds is 4. The van der Waals surface area contributed by atoms with Crippen LogP contribution in [0.1, 0.15) is 12.5 Å². The normalized spacial score (nSPS) is 9.31. The van der Waals surface area contributed by atoms with Crippen molar-refractivity contribution in [2.75, 3.05) is 6.61 Å². The summed E-state index contributed by atoms with van der Waals surface area (Å²) in [5.41, 5.74) is 1.32. The Morgan fingerprint density at radius 1 is 1.46 bits per heavy atom. The van der Waals surface area contributed by atoms with Gasteiger partial charge in [-0.05, 0) is 24.6 Å². The lowest BCUT2D eigenvalue weighted by atomic mass is 10.1.